The topological polar surface area (TPSA) is 137 Å². The van der Waals surface area contributed by atoms with Gasteiger partial charge in [-0.25, -0.2) is 14.4 Å². The number of piperidine rings is 1. The van der Waals surface area contributed by atoms with Gasteiger partial charge in [-0.1, -0.05) is 6.07 Å². The van der Waals surface area contributed by atoms with E-state index in [0.29, 0.717) is 23.9 Å². The molecule has 2 aromatic rings. The van der Waals surface area contributed by atoms with Crippen LogP contribution < -0.4 is 21.3 Å². The number of halogens is 1. The first-order chi connectivity index (χ1) is 15.6. The molecule has 174 valence electrons. The molecular weight excluding hydrogens is 445 g/mol. The van der Waals surface area contributed by atoms with Crippen LogP contribution in [0.2, 0.25) is 0 Å². The maximum Gasteiger partial charge on any atom is 0.271 e. The van der Waals surface area contributed by atoms with Gasteiger partial charge in [0.2, 0.25) is 0 Å². The van der Waals surface area contributed by atoms with Crippen molar-refractivity contribution in [2.75, 3.05) is 23.3 Å². The summed E-state index contributed by atoms with van der Waals surface area (Å²) in [5, 5.41) is 13.6. The summed E-state index contributed by atoms with van der Waals surface area (Å²) in [4.78, 5) is 34.9. The SMILES string of the molecule is CC(=N)/C=C(\S)Nc1nc(N2CCC[C@@H](NC(=O)c3ccc(C)cc3F)C2)cnc1C(N)=O. The summed E-state index contributed by atoms with van der Waals surface area (Å²) in [5.74, 6) is -1.18. The molecule has 11 heteroatoms. The van der Waals surface area contributed by atoms with Gasteiger partial charge in [-0.2, -0.15) is 0 Å². The number of carbonyl (C=O) groups excluding carboxylic acids is 2. The van der Waals surface area contributed by atoms with Crippen molar-refractivity contribution in [2.45, 2.75) is 32.7 Å². The molecule has 0 spiro atoms. The molecule has 5 N–H and O–H groups in total. The minimum Gasteiger partial charge on any atom is -0.364 e. The molecule has 1 aromatic heterocycles. The van der Waals surface area contributed by atoms with Crippen LogP contribution in [-0.2, 0) is 0 Å². The minimum atomic E-state index is -0.756. The predicted octanol–water partition coefficient (Wildman–Crippen LogP) is 2.64. The second kappa shape index (κ2) is 10.4. The Hall–Kier alpha value is -3.47. The molecule has 9 nitrogen and oxygen atoms in total. The number of allylic oxidation sites excluding steroid dienone is 1. The number of nitrogens with zero attached hydrogens (tertiary/aromatic N) is 3. The number of nitrogens with two attached hydrogens (primary N) is 1. The van der Waals surface area contributed by atoms with Gasteiger partial charge in [-0.15, -0.1) is 12.6 Å². The van der Waals surface area contributed by atoms with Gasteiger partial charge in [0.05, 0.1) is 16.8 Å². The fourth-order valence-electron chi connectivity index (χ4n) is 3.53. The molecule has 0 unspecified atom stereocenters. The van der Waals surface area contributed by atoms with Crippen molar-refractivity contribution in [1.82, 2.24) is 15.3 Å². The largest absolute Gasteiger partial charge is 0.364 e. The summed E-state index contributed by atoms with van der Waals surface area (Å²) in [6.07, 6.45) is 4.40. The van der Waals surface area contributed by atoms with Crippen molar-refractivity contribution in [2.24, 2.45) is 5.73 Å². The Bertz CT molecular complexity index is 1120. The molecule has 0 radical (unpaired) electrons. The zero-order valence-electron chi connectivity index (χ0n) is 18.4. The molecule has 1 saturated heterocycles. The van der Waals surface area contributed by atoms with E-state index in [2.05, 4.69) is 33.2 Å². The number of anilines is 2. The first kappa shape index (κ1) is 24.2. The smallest absolute Gasteiger partial charge is 0.271 e. The van der Waals surface area contributed by atoms with Gasteiger partial charge in [0.1, 0.15) is 11.6 Å². The molecule has 3 rings (SSSR count). The molecule has 2 amide bonds. The van der Waals surface area contributed by atoms with Crippen LogP contribution in [0.1, 0.15) is 46.2 Å². The van der Waals surface area contributed by atoms with Crippen molar-refractivity contribution < 1.29 is 14.0 Å². The molecule has 33 heavy (non-hydrogen) atoms. The van der Waals surface area contributed by atoms with E-state index in [1.165, 1.54) is 24.4 Å². The molecule has 1 aliphatic rings. The Morgan fingerprint density at radius 2 is 2.15 bits per heavy atom. The van der Waals surface area contributed by atoms with E-state index in [-0.39, 0.29) is 28.8 Å². The lowest BCUT2D eigenvalue weighted by molar-refractivity contribution is 0.0927. The van der Waals surface area contributed by atoms with Crippen LogP contribution in [0.25, 0.3) is 0 Å². The lowest BCUT2D eigenvalue weighted by atomic mass is 10.0. The van der Waals surface area contributed by atoms with Crippen molar-refractivity contribution in [3.8, 4) is 0 Å². The van der Waals surface area contributed by atoms with Gasteiger partial charge in [-0.3, -0.25) is 9.59 Å². The highest BCUT2D eigenvalue weighted by Crippen LogP contribution is 2.22. The van der Waals surface area contributed by atoms with Gasteiger partial charge in [0.15, 0.2) is 11.5 Å². The monoisotopic (exact) mass is 471 g/mol. The van der Waals surface area contributed by atoms with E-state index in [4.69, 9.17) is 11.1 Å². The van der Waals surface area contributed by atoms with Gasteiger partial charge < -0.3 is 26.7 Å². The van der Waals surface area contributed by atoms with Gasteiger partial charge >= 0.3 is 0 Å². The van der Waals surface area contributed by atoms with Crippen LogP contribution in [0, 0.1) is 18.2 Å². The zero-order valence-corrected chi connectivity index (χ0v) is 19.2. The summed E-state index contributed by atoms with van der Waals surface area (Å²) in [5.41, 5.74) is 6.36. The van der Waals surface area contributed by atoms with Crippen LogP contribution >= 0.6 is 12.6 Å². The summed E-state index contributed by atoms with van der Waals surface area (Å²) < 4.78 is 14.2. The van der Waals surface area contributed by atoms with Crippen LogP contribution in [0.5, 0.6) is 0 Å². The van der Waals surface area contributed by atoms with Crippen LogP contribution in [0.15, 0.2) is 35.5 Å². The maximum atomic E-state index is 14.2. The number of rotatable bonds is 7. The Kier molecular flexibility index (Phi) is 7.64. The van der Waals surface area contributed by atoms with Crippen LogP contribution in [-0.4, -0.2) is 46.6 Å². The number of thiol groups is 1. The van der Waals surface area contributed by atoms with E-state index >= 15 is 0 Å². The summed E-state index contributed by atoms with van der Waals surface area (Å²) in [6, 6.07) is 4.28. The number of nitrogens with one attached hydrogen (secondary N) is 3. The fraction of sp³-hybridized carbons (Fsp3) is 0.318. The summed E-state index contributed by atoms with van der Waals surface area (Å²) in [7, 11) is 0. The normalized spacial score (nSPS) is 16.3. The standard InChI is InChI=1S/C22H26FN7O2S/c1-12-5-6-15(16(23)8-12)22(32)27-14-4-3-7-30(11-14)17-10-26-19(20(25)31)21(28-17)29-18(33)9-13(2)24/h5-6,8-10,14,24,33H,3-4,7,11H2,1-2H3,(H2,25,31)(H,27,32)(H,28,29)/b18-9-,24-13?/t14-/m1/s1. The highest BCUT2D eigenvalue weighted by molar-refractivity contribution is 7.84. The summed E-state index contributed by atoms with van der Waals surface area (Å²) in [6.45, 7) is 4.45. The van der Waals surface area contributed by atoms with Gasteiger partial charge in [-0.05, 0) is 50.5 Å². The van der Waals surface area contributed by atoms with Crippen molar-refractivity contribution >= 4 is 41.8 Å². The number of amides is 2. The first-order valence-corrected chi connectivity index (χ1v) is 10.8. The van der Waals surface area contributed by atoms with Gasteiger partial charge in [0.25, 0.3) is 11.8 Å². The summed E-state index contributed by atoms with van der Waals surface area (Å²) >= 11 is 4.26. The average molecular weight is 472 g/mol. The van der Waals surface area contributed by atoms with Crippen molar-refractivity contribution in [1.29, 1.82) is 5.41 Å². The Morgan fingerprint density at radius 1 is 1.39 bits per heavy atom. The molecule has 0 saturated carbocycles. The van der Waals surface area contributed by atoms with Crippen LogP contribution in [0.3, 0.4) is 0 Å². The van der Waals surface area contributed by atoms with Crippen molar-refractivity contribution in [3.05, 3.63) is 58.1 Å². The van der Waals surface area contributed by atoms with Crippen LogP contribution in [0.4, 0.5) is 16.0 Å². The van der Waals surface area contributed by atoms with E-state index in [1.54, 1.807) is 19.9 Å². The van der Waals surface area contributed by atoms with E-state index in [0.717, 1.165) is 18.4 Å². The van der Waals surface area contributed by atoms with E-state index in [1.807, 2.05) is 4.90 Å². The lowest BCUT2D eigenvalue weighted by Gasteiger charge is -2.34. The Labute approximate surface area is 196 Å². The third kappa shape index (κ3) is 6.28. The minimum absolute atomic E-state index is 0.00407. The third-order valence-corrected chi connectivity index (χ3v) is 5.28. The molecule has 1 aromatic carbocycles. The molecular formula is C22H26FN7O2S. The number of carbonyl (C=O) groups is 2. The number of hydrogen-bond acceptors (Lipinski definition) is 8. The molecule has 1 atom stereocenters. The fourth-order valence-corrected chi connectivity index (χ4v) is 3.83. The number of aryl methyl sites for hydroxylation is 1. The lowest BCUT2D eigenvalue weighted by Crippen LogP contribution is -2.48. The molecule has 2 heterocycles. The second-order valence-electron chi connectivity index (χ2n) is 7.87. The number of benzene rings is 1. The molecule has 0 aliphatic carbocycles. The highest BCUT2D eigenvalue weighted by Gasteiger charge is 2.25. The maximum absolute atomic E-state index is 14.2. The quantitative estimate of drug-likeness (QED) is 0.311. The Morgan fingerprint density at radius 3 is 2.82 bits per heavy atom. The molecule has 1 aliphatic heterocycles. The molecule has 1 fully saturated rings. The Balaban J connectivity index is 1.77. The predicted molar refractivity (Wildman–Crippen MR) is 128 cm³/mol. The number of hydrogen-bond donors (Lipinski definition) is 5. The zero-order chi connectivity index (χ0) is 24.1. The number of aromatic nitrogens is 2. The highest BCUT2D eigenvalue weighted by atomic mass is 32.1. The van der Waals surface area contributed by atoms with Crippen molar-refractivity contribution in [3.63, 3.8) is 0 Å². The van der Waals surface area contributed by atoms with E-state index in [9.17, 15) is 14.0 Å². The van der Waals surface area contributed by atoms with Gasteiger partial charge in [0, 0.05) is 24.8 Å². The molecule has 0 bridgehead atoms. The third-order valence-electron chi connectivity index (χ3n) is 5.04. The van der Waals surface area contributed by atoms with E-state index < -0.39 is 17.6 Å². The first-order valence-electron chi connectivity index (χ1n) is 10.4. The number of primary amides is 1. The second-order valence-corrected chi connectivity index (χ2v) is 8.35. The average Bonchev–Trinajstić information content (AvgIpc) is 2.73.